The Morgan fingerprint density at radius 3 is 2.50 bits per heavy atom. The van der Waals surface area contributed by atoms with Crippen LogP contribution in [0.3, 0.4) is 0 Å². The maximum Gasteiger partial charge on any atom is 0.295 e. The normalized spacial score (nSPS) is 13.2. The van der Waals surface area contributed by atoms with Crippen molar-refractivity contribution in [2.45, 2.75) is 39.3 Å². The predicted octanol–water partition coefficient (Wildman–Crippen LogP) is 2.61. The number of anilines is 1. The average molecular weight is 256 g/mol. The van der Waals surface area contributed by atoms with E-state index in [9.17, 15) is 19.6 Å². The van der Waals surface area contributed by atoms with Crippen LogP contribution < -0.4 is 5.32 Å². The smallest absolute Gasteiger partial charge is 0.295 e. The second-order valence-electron chi connectivity index (χ2n) is 4.90. The van der Waals surface area contributed by atoms with Gasteiger partial charge in [-0.3, -0.25) is 10.1 Å². The maximum absolute atomic E-state index is 13.3. The summed E-state index contributed by atoms with van der Waals surface area (Å²) in [6, 6.07) is 2.26. The van der Waals surface area contributed by atoms with Crippen LogP contribution in [0.5, 0.6) is 0 Å². The monoisotopic (exact) mass is 256 g/mol. The highest BCUT2D eigenvalue weighted by atomic mass is 19.1. The molecule has 1 atom stereocenters. The molecule has 2 N–H and O–H groups in total. The van der Waals surface area contributed by atoms with Crippen LogP contribution in [0.1, 0.15) is 26.3 Å². The van der Waals surface area contributed by atoms with E-state index in [2.05, 4.69) is 5.32 Å². The number of rotatable bonds is 4. The van der Waals surface area contributed by atoms with E-state index in [1.807, 2.05) is 0 Å². The summed E-state index contributed by atoms with van der Waals surface area (Å²) in [5, 5.41) is 23.3. The summed E-state index contributed by atoms with van der Waals surface area (Å²) in [7, 11) is 0. The van der Waals surface area contributed by atoms with Gasteiger partial charge in [-0.2, -0.15) is 0 Å². The lowest BCUT2D eigenvalue weighted by Crippen LogP contribution is -2.42. The third-order valence-corrected chi connectivity index (χ3v) is 2.97. The van der Waals surface area contributed by atoms with Crippen molar-refractivity contribution in [1.82, 2.24) is 0 Å². The van der Waals surface area contributed by atoms with Gasteiger partial charge in [0.25, 0.3) is 5.69 Å². The minimum Gasteiger partial charge on any atom is -0.391 e. The van der Waals surface area contributed by atoms with Crippen LogP contribution >= 0.6 is 0 Å². The van der Waals surface area contributed by atoms with Crippen molar-refractivity contribution in [3.8, 4) is 0 Å². The molecule has 0 amide bonds. The van der Waals surface area contributed by atoms with Gasteiger partial charge in [0.2, 0.25) is 0 Å². The fourth-order valence-corrected chi connectivity index (χ4v) is 1.37. The molecule has 0 saturated heterocycles. The van der Waals surface area contributed by atoms with Gasteiger partial charge in [-0.15, -0.1) is 0 Å². The van der Waals surface area contributed by atoms with Gasteiger partial charge >= 0.3 is 0 Å². The van der Waals surface area contributed by atoms with Crippen LogP contribution in [0, 0.1) is 22.9 Å². The Bertz CT molecular complexity index is 473. The van der Waals surface area contributed by atoms with Gasteiger partial charge in [-0.1, -0.05) is 0 Å². The first-order valence-electron chi connectivity index (χ1n) is 5.56. The lowest BCUT2D eigenvalue weighted by atomic mass is 9.98. The Labute approximate surface area is 105 Å². The molecule has 0 spiro atoms. The number of nitrogens with one attached hydrogen (secondary N) is 1. The maximum atomic E-state index is 13.3. The van der Waals surface area contributed by atoms with Crippen LogP contribution in [0.4, 0.5) is 15.8 Å². The number of nitro benzene ring substituents is 1. The summed E-state index contributed by atoms with van der Waals surface area (Å²) >= 11 is 0. The van der Waals surface area contributed by atoms with Gasteiger partial charge in [-0.25, -0.2) is 4.39 Å². The summed E-state index contributed by atoms with van der Waals surface area (Å²) < 4.78 is 13.3. The largest absolute Gasteiger partial charge is 0.391 e. The van der Waals surface area contributed by atoms with Crippen molar-refractivity contribution in [2.75, 3.05) is 5.32 Å². The number of benzene rings is 1. The molecule has 1 aromatic rings. The summed E-state index contributed by atoms with van der Waals surface area (Å²) in [6.07, 6.45) is -0.720. The number of halogens is 1. The van der Waals surface area contributed by atoms with Gasteiger partial charge in [0.05, 0.1) is 22.6 Å². The quantitative estimate of drug-likeness (QED) is 0.641. The third-order valence-electron chi connectivity index (χ3n) is 2.97. The third kappa shape index (κ3) is 2.95. The number of aliphatic hydroxyl groups is 1. The van der Waals surface area contributed by atoms with Crippen LogP contribution in [0.25, 0.3) is 0 Å². The minimum atomic E-state index is -0.755. The van der Waals surface area contributed by atoms with E-state index in [0.29, 0.717) is 5.56 Å². The van der Waals surface area contributed by atoms with E-state index in [4.69, 9.17) is 0 Å². The molecule has 0 aliphatic rings. The SMILES string of the molecule is Cc1cc(NC(C)(C)C(C)O)c([N+](=O)[O-])cc1F. The summed E-state index contributed by atoms with van der Waals surface area (Å²) in [6.45, 7) is 6.52. The zero-order valence-electron chi connectivity index (χ0n) is 10.8. The molecule has 18 heavy (non-hydrogen) atoms. The number of nitro groups is 1. The Morgan fingerprint density at radius 2 is 2.06 bits per heavy atom. The second kappa shape index (κ2) is 4.89. The van der Waals surface area contributed by atoms with Crippen LogP contribution in [0.2, 0.25) is 0 Å². The van der Waals surface area contributed by atoms with Crippen molar-refractivity contribution < 1.29 is 14.4 Å². The molecule has 0 aliphatic carbocycles. The van der Waals surface area contributed by atoms with E-state index in [0.717, 1.165) is 6.07 Å². The lowest BCUT2D eigenvalue weighted by Gasteiger charge is -2.30. The fourth-order valence-electron chi connectivity index (χ4n) is 1.37. The van der Waals surface area contributed by atoms with E-state index < -0.39 is 22.4 Å². The van der Waals surface area contributed by atoms with Crippen LogP contribution in [-0.4, -0.2) is 21.7 Å². The topological polar surface area (TPSA) is 75.4 Å². The number of hydrogen-bond donors (Lipinski definition) is 2. The van der Waals surface area contributed by atoms with Crippen molar-refractivity contribution in [2.24, 2.45) is 0 Å². The molecular weight excluding hydrogens is 239 g/mol. The van der Waals surface area contributed by atoms with Crippen molar-refractivity contribution >= 4 is 11.4 Å². The lowest BCUT2D eigenvalue weighted by molar-refractivity contribution is -0.384. The molecule has 0 bridgehead atoms. The highest BCUT2D eigenvalue weighted by molar-refractivity contribution is 5.64. The van der Waals surface area contributed by atoms with Crippen molar-refractivity contribution in [3.63, 3.8) is 0 Å². The number of nitrogens with zero attached hydrogens (tertiary/aromatic N) is 1. The molecule has 0 radical (unpaired) electrons. The summed E-state index contributed by atoms with van der Waals surface area (Å²) in [5.74, 6) is -0.623. The van der Waals surface area contributed by atoms with Gasteiger partial charge < -0.3 is 10.4 Å². The number of hydrogen-bond acceptors (Lipinski definition) is 4. The number of aryl methyl sites for hydroxylation is 1. The first-order valence-corrected chi connectivity index (χ1v) is 5.56. The second-order valence-corrected chi connectivity index (χ2v) is 4.90. The van der Waals surface area contributed by atoms with E-state index in [1.54, 1.807) is 20.8 Å². The molecule has 0 aromatic heterocycles. The fraction of sp³-hybridized carbons (Fsp3) is 0.500. The Morgan fingerprint density at radius 1 is 1.50 bits per heavy atom. The van der Waals surface area contributed by atoms with E-state index >= 15 is 0 Å². The first-order chi connectivity index (χ1) is 8.15. The molecule has 100 valence electrons. The number of aliphatic hydroxyl groups excluding tert-OH is 1. The highest BCUT2D eigenvalue weighted by Gasteiger charge is 2.27. The molecule has 0 fully saturated rings. The molecule has 6 heteroatoms. The molecule has 0 aliphatic heterocycles. The molecule has 1 unspecified atom stereocenters. The molecular formula is C12H17FN2O3. The molecule has 0 saturated carbocycles. The highest BCUT2D eigenvalue weighted by Crippen LogP contribution is 2.30. The van der Waals surface area contributed by atoms with Crippen molar-refractivity contribution in [3.05, 3.63) is 33.6 Å². The van der Waals surface area contributed by atoms with E-state index in [1.165, 1.54) is 13.0 Å². The van der Waals surface area contributed by atoms with Gasteiger partial charge in [-0.05, 0) is 39.3 Å². The van der Waals surface area contributed by atoms with Gasteiger partial charge in [0.1, 0.15) is 11.5 Å². The van der Waals surface area contributed by atoms with E-state index in [-0.39, 0.29) is 11.4 Å². The molecule has 5 nitrogen and oxygen atoms in total. The predicted molar refractivity (Wildman–Crippen MR) is 67.2 cm³/mol. The average Bonchev–Trinajstić information content (AvgIpc) is 2.22. The zero-order valence-corrected chi connectivity index (χ0v) is 10.8. The van der Waals surface area contributed by atoms with Crippen LogP contribution in [-0.2, 0) is 0 Å². The standard InChI is InChI=1S/C12H17FN2O3/c1-7-5-10(14-12(3,4)8(2)16)11(15(17)18)6-9(7)13/h5-6,8,14,16H,1-4H3. The first kappa shape index (κ1) is 14.4. The minimum absolute atomic E-state index is 0.199. The Hall–Kier alpha value is -1.69. The Kier molecular flexibility index (Phi) is 3.91. The molecule has 1 rings (SSSR count). The van der Waals surface area contributed by atoms with Gasteiger partial charge in [0.15, 0.2) is 0 Å². The van der Waals surface area contributed by atoms with Crippen LogP contribution in [0.15, 0.2) is 12.1 Å². The summed E-state index contributed by atoms with van der Waals surface area (Å²) in [5.41, 5.74) is -0.587. The summed E-state index contributed by atoms with van der Waals surface area (Å²) in [4.78, 5) is 10.2. The molecule has 1 aromatic carbocycles. The Balaban J connectivity index is 3.23. The zero-order chi connectivity index (χ0) is 14.1. The molecule has 0 heterocycles. The van der Waals surface area contributed by atoms with Crippen molar-refractivity contribution in [1.29, 1.82) is 0 Å². The van der Waals surface area contributed by atoms with Gasteiger partial charge in [0, 0.05) is 0 Å².